The summed E-state index contributed by atoms with van der Waals surface area (Å²) in [7, 11) is 0. The molecule has 0 radical (unpaired) electrons. The lowest BCUT2D eigenvalue weighted by atomic mass is 10.3. The molecule has 0 aromatic carbocycles. The molecule has 0 bridgehead atoms. The number of carbonyl (C=O) groups is 2. The zero-order valence-electron chi connectivity index (χ0n) is 9.53. The maximum Gasteiger partial charge on any atom is 0.303 e. The maximum absolute atomic E-state index is 10.6. The summed E-state index contributed by atoms with van der Waals surface area (Å²) >= 11 is 5.86. The Morgan fingerprint density at radius 1 is 1.12 bits per heavy atom. The molecule has 0 aliphatic carbocycles. The van der Waals surface area contributed by atoms with Crippen LogP contribution in [0.3, 0.4) is 0 Å². The van der Waals surface area contributed by atoms with Crippen LogP contribution in [0.4, 0.5) is 0 Å². The van der Waals surface area contributed by atoms with E-state index in [1.807, 2.05) is 0 Å². The highest BCUT2D eigenvalue weighted by atomic mass is 35.5. The van der Waals surface area contributed by atoms with Crippen LogP contribution in [0.1, 0.15) is 25.2 Å². The van der Waals surface area contributed by atoms with Gasteiger partial charge in [-0.1, -0.05) is 11.6 Å². The van der Waals surface area contributed by atoms with Crippen LogP contribution in [0.25, 0.3) is 0 Å². The first-order valence-electron chi connectivity index (χ1n) is 4.89. The van der Waals surface area contributed by atoms with E-state index >= 15 is 0 Å². The number of halogens is 1. The second-order valence-electron chi connectivity index (χ2n) is 3.33. The summed E-state index contributed by atoms with van der Waals surface area (Å²) in [4.78, 5) is 25.4. The van der Waals surface area contributed by atoms with Crippen molar-refractivity contribution in [3.05, 3.63) is 28.5 Å². The highest BCUT2D eigenvalue weighted by Gasteiger charge is 2.05. The molecule has 0 unspecified atom stereocenters. The number of carbonyl (C=O) groups excluding carboxylic acids is 2. The number of esters is 2. The van der Waals surface area contributed by atoms with Gasteiger partial charge in [0.2, 0.25) is 0 Å². The van der Waals surface area contributed by atoms with Crippen LogP contribution in [-0.4, -0.2) is 16.9 Å². The molecule has 0 fully saturated rings. The standard InChI is InChI=1S/C11H12ClNO4/c1-7(14)16-5-10-3-9(12)4-11(13-10)6-17-8(2)15/h3-4H,5-6H2,1-2H3. The number of hydrogen-bond donors (Lipinski definition) is 0. The molecule has 0 aliphatic rings. The smallest absolute Gasteiger partial charge is 0.303 e. The number of aromatic nitrogens is 1. The van der Waals surface area contributed by atoms with E-state index < -0.39 is 11.9 Å². The van der Waals surface area contributed by atoms with Crippen LogP contribution in [0.15, 0.2) is 12.1 Å². The van der Waals surface area contributed by atoms with Gasteiger partial charge in [0.15, 0.2) is 0 Å². The zero-order chi connectivity index (χ0) is 12.8. The topological polar surface area (TPSA) is 65.5 Å². The molecule has 0 amide bonds. The summed E-state index contributed by atoms with van der Waals surface area (Å²) in [6, 6.07) is 3.17. The van der Waals surface area contributed by atoms with Crippen molar-refractivity contribution in [1.29, 1.82) is 0 Å². The van der Waals surface area contributed by atoms with Gasteiger partial charge in [-0.2, -0.15) is 0 Å². The molecule has 1 rings (SSSR count). The van der Waals surface area contributed by atoms with Crippen LogP contribution < -0.4 is 0 Å². The van der Waals surface area contributed by atoms with Gasteiger partial charge in [-0.25, -0.2) is 0 Å². The van der Waals surface area contributed by atoms with Crippen LogP contribution >= 0.6 is 11.6 Å². The summed E-state index contributed by atoms with van der Waals surface area (Å²) in [6.45, 7) is 2.71. The Bertz CT molecular complexity index is 397. The molecule has 1 aromatic heterocycles. The van der Waals surface area contributed by atoms with Crippen molar-refractivity contribution in [3.8, 4) is 0 Å². The Hall–Kier alpha value is -1.62. The first-order valence-corrected chi connectivity index (χ1v) is 5.27. The van der Waals surface area contributed by atoms with Gasteiger partial charge < -0.3 is 9.47 Å². The lowest BCUT2D eigenvalue weighted by Gasteiger charge is -2.06. The summed E-state index contributed by atoms with van der Waals surface area (Å²) in [5, 5.41) is 0.448. The predicted octanol–water partition coefficient (Wildman–Crippen LogP) is 1.86. The van der Waals surface area contributed by atoms with E-state index in [4.69, 9.17) is 21.1 Å². The van der Waals surface area contributed by atoms with Gasteiger partial charge >= 0.3 is 11.9 Å². The molecule has 1 heterocycles. The van der Waals surface area contributed by atoms with Gasteiger partial charge in [0, 0.05) is 18.9 Å². The van der Waals surface area contributed by atoms with Gasteiger partial charge in [-0.15, -0.1) is 0 Å². The highest BCUT2D eigenvalue weighted by molar-refractivity contribution is 6.30. The molecule has 0 aliphatic heterocycles. The third-order valence-electron chi connectivity index (χ3n) is 1.74. The Morgan fingerprint density at radius 2 is 1.53 bits per heavy atom. The monoisotopic (exact) mass is 257 g/mol. The fraction of sp³-hybridized carbons (Fsp3) is 0.364. The second kappa shape index (κ2) is 6.20. The van der Waals surface area contributed by atoms with Crippen molar-refractivity contribution >= 4 is 23.5 Å². The molecule has 92 valence electrons. The van der Waals surface area contributed by atoms with E-state index in [2.05, 4.69) is 4.98 Å². The fourth-order valence-corrected chi connectivity index (χ4v) is 1.36. The SMILES string of the molecule is CC(=O)OCc1cc(Cl)cc(COC(C)=O)n1. The zero-order valence-corrected chi connectivity index (χ0v) is 10.3. The normalized spacial score (nSPS) is 9.82. The molecule has 0 spiro atoms. The molecule has 17 heavy (non-hydrogen) atoms. The van der Waals surface area contributed by atoms with E-state index in [1.165, 1.54) is 13.8 Å². The number of rotatable bonds is 4. The van der Waals surface area contributed by atoms with Crippen molar-refractivity contribution in [2.24, 2.45) is 0 Å². The quantitative estimate of drug-likeness (QED) is 0.771. The van der Waals surface area contributed by atoms with E-state index in [9.17, 15) is 9.59 Å². The number of pyridine rings is 1. The van der Waals surface area contributed by atoms with Crippen molar-refractivity contribution in [1.82, 2.24) is 4.98 Å². The average molecular weight is 258 g/mol. The Morgan fingerprint density at radius 3 is 1.88 bits per heavy atom. The summed E-state index contributed by atoms with van der Waals surface area (Å²) in [5.41, 5.74) is 1.02. The highest BCUT2D eigenvalue weighted by Crippen LogP contribution is 2.13. The van der Waals surface area contributed by atoms with E-state index in [0.29, 0.717) is 16.4 Å². The minimum absolute atomic E-state index is 0.0446. The van der Waals surface area contributed by atoms with Gasteiger partial charge in [0.25, 0.3) is 0 Å². The Kier molecular flexibility index (Phi) is 4.90. The van der Waals surface area contributed by atoms with E-state index in [1.54, 1.807) is 12.1 Å². The lowest BCUT2D eigenvalue weighted by Crippen LogP contribution is -2.05. The molecule has 6 heteroatoms. The lowest BCUT2D eigenvalue weighted by molar-refractivity contribution is -0.142. The van der Waals surface area contributed by atoms with Crippen molar-refractivity contribution in [3.63, 3.8) is 0 Å². The summed E-state index contributed by atoms with van der Waals surface area (Å²) < 4.78 is 9.59. The van der Waals surface area contributed by atoms with Crippen LogP contribution in [0.2, 0.25) is 5.02 Å². The fourth-order valence-electron chi connectivity index (χ4n) is 1.11. The molecule has 0 N–H and O–H groups in total. The van der Waals surface area contributed by atoms with Crippen molar-refractivity contribution in [2.45, 2.75) is 27.1 Å². The van der Waals surface area contributed by atoms with Gasteiger partial charge in [-0.3, -0.25) is 14.6 Å². The Labute approximate surface area is 104 Å². The predicted molar refractivity (Wildman–Crippen MR) is 60.2 cm³/mol. The first-order chi connectivity index (χ1) is 7.97. The van der Waals surface area contributed by atoms with Gasteiger partial charge in [0.05, 0.1) is 11.4 Å². The summed E-state index contributed by atoms with van der Waals surface area (Å²) in [6.07, 6.45) is 0. The third-order valence-corrected chi connectivity index (χ3v) is 1.96. The first kappa shape index (κ1) is 13.4. The average Bonchev–Trinajstić information content (AvgIpc) is 2.23. The second-order valence-corrected chi connectivity index (χ2v) is 3.76. The molecular formula is C11H12ClNO4. The van der Waals surface area contributed by atoms with Gasteiger partial charge in [0.1, 0.15) is 13.2 Å². The largest absolute Gasteiger partial charge is 0.459 e. The van der Waals surface area contributed by atoms with E-state index in [0.717, 1.165) is 0 Å². The Balaban J connectivity index is 2.71. The van der Waals surface area contributed by atoms with E-state index in [-0.39, 0.29) is 13.2 Å². The summed E-state index contributed by atoms with van der Waals surface area (Å²) in [5.74, 6) is -0.790. The van der Waals surface area contributed by atoms with Crippen molar-refractivity contribution < 1.29 is 19.1 Å². The molecule has 1 aromatic rings. The molecule has 0 saturated carbocycles. The maximum atomic E-state index is 10.6. The molecule has 0 atom stereocenters. The van der Waals surface area contributed by atoms with Crippen LogP contribution in [0.5, 0.6) is 0 Å². The molecule has 0 saturated heterocycles. The minimum atomic E-state index is -0.395. The molecule has 5 nitrogen and oxygen atoms in total. The van der Waals surface area contributed by atoms with Gasteiger partial charge in [-0.05, 0) is 12.1 Å². The van der Waals surface area contributed by atoms with Crippen LogP contribution in [-0.2, 0) is 32.3 Å². The number of hydrogen-bond acceptors (Lipinski definition) is 5. The van der Waals surface area contributed by atoms with Crippen LogP contribution in [0, 0.1) is 0 Å². The third kappa shape index (κ3) is 5.31. The number of nitrogens with zero attached hydrogens (tertiary/aromatic N) is 1. The molecular weight excluding hydrogens is 246 g/mol. The van der Waals surface area contributed by atoms with Crippen molar-refractivity contribution in [2.75, 3.05) is 0 Å². The minimum Gasteiger partial charge on any atom is -0.459 e. The number of ether oxygens (including phenoxy) is 2.